The number of pyridine rings is 1. The second kappa shape index (κ2) is 5.83. The number of carbonyl (C=O) groups is 1. The predicted octanol–water partition coefficient (Wildman–Crippen LogP) is 2.79. The van der Waals surface area contributed by atoms with Gasteiger partial charge < -0.3 is 4.90 Å². The molecule has 114 valence electrons. The molecule has 0 spiro atoms. The minimum absolute atomic E-state index is 0.0351. The standard InChI is InChI=1S/C17H20N4O/c1-11(2)6-16-18-8-14-9-21(10-15(14)20-16)17-5-4-13(7-19-17)12(3)22/h4-5,7-8,11H,6,9-10H2,1-3H3. The maximum absolute atomic E-state index is 11.3. The quantitative estimate of drug-likeness (QED) is 0.812. The summed E-state index contributed by atoms with van der Waals surface area (Å²) in [6.45, 7) is 7.40. The lowest BCUT2D eigenvalue weighted by Gasteiger charge is -2.15. The van der Waals surface area contributed by atoms with Gasteiger partial charge in [-0.1, -0.05) is 13.8 Å². The Morgan fingerprint density at radius 1 is 1.23 bits per heavy atom. The minimum atomic E-state index is 0.0351. The zero-order chi connectivity index (χ0) is 15.7. The number of anilines is 1. The van der Waals surface area contributed by atoms with E-state index in [4.69, 9.17) is 0 Å². The molecule has 0 saturated heterocycles. The SMILES string of the molecule is CC(=O)c1ccc(N2Cc3cnc(CC(C)C)nc3C2)nc1. The van der Waals surface area contributed by atoms with Crippen molar-refractivity contribution in [2.75, 3.05) is 4.90 Å². The van der Waals surface area contributed by atoms with Crippen LogP contribution in [0.1, 0.15) is 48.2 Å². The van der Waals surface area contributed by atoms with Gasteiger partial charge in [0.2, 0.25) is 0 Å². The van der Waals surface area contributed by atoms with Crippen LogP contribution < -0.4 is 4.90 Å². The maximum atomic E-state index is 11.3. The Hall–Kier alpha value is -2.30. The average molecular weight is 296 g/mol. The molecular formula is C17H20N4O. The third kappa shape index (κ3) is 2.98. The van der Waals surface area contributed by atoms with Crippen molar-refractivity contribution in [2.24, 2.45) is 5.92 Å². The summed E-state index contributed by atoms with van der Waals surface area (Å²) < 4.78 is 0. The van der Waals surface area contributed by atoms with E-state index in [1.807, 2.05) is 18.3 Å². The molecule has 0 saturated carbocycles. The number of Topliss-reactive ketones (excluding diaryl/α,β-unsaturated/α-hetero) is 1. The van der Waals surface area contributed by atoms with Crippen LogP contribution in [0.15, 0.2) is 24.5 Å². The molecule has 0 aromatic carbocycles. The normalized spacial score (nSPS) is 13.5. The molecule has 0 bridgehead atoms. The zero-order valence-electron chi connectivity index (χ0n) is 13.2. The molecule has 0 radical (unpaired) electrons. The number of rotatable bonds is 4. The van der Waals surface area contributed by atoms with Crippen LogP contribution in [-0.2, 0) is 19.5 Å². The minimum Gasteiger partial charge on any atom is -0.346 e. The van der Waals surface area contributed by atoms with E-state index in [-0.39, 0.29) is 5.78 Å². The van der Waals surface area contributed by atoms with Gasteiger partial charge in [0.1, 0.15) is 11.6 Å². The number of fused-ring (bicyclic) bond motifs is 1. The molecule has 3 rings (SSSR count). The van der Waals surface area contributed by atoms with E-state index in [0.29, 0.717) is 11.5 Å². The molecule has 0 fully saturated rings. The zero-order valence-corrected chi connectivity index (χ0v) is 13.2. The van der Waals surface area contributed by atoms with Gasteiger partial charge in [0.25, 0.3) is 0 Å². The molecule has 0 aliphatic carbocycles. The molecule has 0 unspecified atom stereocenters. The monoisotopic (exact) mass is 296 g/mol. The highest BCUT2D eigenvalue weighted by Crippen LogP contribution is 2.25. The van der Waals surface area contributed by atoms with E-state index in [0.717, 1.165) is 42.4 Å². The van der Waals surface area contributed by atoms with E-state index in [1.165, 1.54) is 0 Å². The fourth-order valence-corrected chi connectivity index (χ4v) is 2.60. The molecule has 5 nitrogen and oxygen atoms in total. The molecular weight excluding hydrogens is 276 g/mol. The van der Waals surface area contributed by atoms with Crippen molar-refractivity contribution >= 4 is 11.6 Å². The molecule has 1 aliphatic heterocycles. The Balaban J connectivity index is 1.77. The average Bonchev–Trinajstić information content (AvgIpc) is 2.90. The summed E-state index contributed by atoms with van der Waals surface area (Å²) in [4.78, 5) is 27.0. The number of carbonyl (C=O) groups excluding carboxylic acids is 1. The van der Waals surface area contributed by atoms with Crippen molar-refractivity contribution in [3.63, 3.8) is 0 Å². The summed E-state index contributed by atoms with van der Waals surface area (Å²) >= 11 is 0. The smallest absolute Gasteiger partial charge is 0.161 e. The van der Waals surface area contributed by atoms with Crippen LogP contribution in [0.25, 0.3) is 0 Å². The van der Waals surface area contributed by atoms with Gasteiger partial charge in [0.05, 0.1) is 12.2 Å². The third-order valence-corrected chi connectivity index (χ3v) is 3.78. The summed E-state index contributed by atoms with van der Waals surface area (Å²) in [6, 6.07) is 3.72. The molecule has 5 heteroatoms. The highest BCUT2D eigenvalue weighted by molar-refractivity contribution is 5.93. The van der Waals surface area contributed by atoms with Gasteiger partial charge >= 0.3 is 0 Å². The Morgan fingerprint density at radius 3 is 2.68 bits per heavy atom. The largest absolute Gasteiger partial charge is 0.346 e. The summed E-state index contributed by atoms with van der Waals surface area (Å²) in [5.41, 5.74) is 2.88. The molecule has 0 N–H and O–H groups in total. The van der Waals surface area contributed by atoms with E-state index in [9.17, 15) is 4.79 Å². The summed E-state index contributed by atoms with van der Waals surface area (Å²) in [7, 11) is 0. The van der Waals surface area contributed by atoms with Gasteiger partial charge in [-0.25, -0.2) is 15.0 Å². The van der Waals surface area contributed by atoms with Crippen LogP contribution in [0.4, 0.5) is 5.82 Å². The first-order chi connectivity index (χ1) is 10.5. The fourth-order valence-electron chi connectivity index (χ4n) is 2.60. The van der Waals surface area contributed by atoms with Crippen molar-refractivity contribution in [3.05, 3.63) is 47.2 Å². The van der Waals surface area contributed by atoms with Crippen molar-refractivity contribution < 1.29 is 4.79 Å². The highest BCUT2D eigenvalue weighted by Gasteiger charge is 2.22. The van der Waals surface area contributed by atoms with Gasteiger partial charge in [-0.2, -0.15) is 0 Å². The van der Waals surface area contributed by atoms with Crippen LogP contribution in [0.2, 0.25) is 0 Å². The number of nitrogens with zero attached hydrogens (tertiary/aromatic N) is 4. The molecule has 0 atom stereocenters. The van der Waals surface area contributed by atoms with Crippen LogP contribution in [0, 0.1) is 5.92 Å². The lowest BCUT2D eigenvalue weighted by molar-refractivity contribution is 0.101. The maximum Gasteiger partial charge on any atom is 0.161 e. The van der Waals surface area contributed by atoms with Crippen LogP contribution in [-0.4, -0.2) is 20.7 Å². The van der Waals surface area contributed by atoms with Crippen LogP contribution >= 0.6 is 0 Å². The third-order valence-electron chi connectivity index (χ3n) is 3.78. The molecule has 1 aliphatic rings. The van der Waals surface area contributed by atoms with Gasteiger partial charge in [0.15, 0.2) is 5.78 Å². The lowest BCUT2D eigenvalue weighted by Crippen LogP contribution is -2.16. The molecule has 3 heterocycles. The predicted molar refractivity (Wildman–Crippen MR) is 84.7 cm³/mol. The van der Waals surface area contributed by atoms with Crippen molar-refractivity contribution in [3.8, 4) is 0 Å². The van der Waals surface area contributed by atoms with E-state index < -0.39 is 0 Å². The molecule has 22 heavy (non-hydrogen) atoms. The lowest BCUT2D eigenvalue weighted by atomic mass is 10.1. The Morgan fingerprint density at radius 2 is 2.05 bits per heavy atom. The van der Waals surface area contributed by atoms with Crippen molar-refractivity contribution in [1.29, 1.82) is 0 Å². The second-order valence-electron chi connectivity index (χ2n) is 6.17. The summed E-state index contributed by atoms with van der Waals surface area (Å²) in [5.74, 6) is 2.37. The second-order valence-corrected chi connectivity index (χ2v) is 6.17. The topological polar surface area (TPSA) is 59.0 Å². The van der Waals surface area contributed by atoms with Crippen LogP contribution in [0.3, 0.4) is 0 Å². The fraction of sp³-hybridized carbons (Fsp3) is 0.412. The number of hydrogen-bond donors (Lipinski definition) is 0. The van der Waals surface area contributed by atoms with E-state index in [1.54, 1.807) is 13.1 Å². The Kier molecular flexibility index (Phi) is 3.88. The first-order valence-corrected chi connectivity index (χ1v) is 7.58. The summed E-state index contributed by atoms with van der Waals surface area (Å²) in [5, 5.41) is 0. The van der Waals surface area contributed by atoms with Gasteiger partial charge in [-0.15, -0.1) is 0 Å². The van der Waals surface area contributed by atoms with E-state index >= 15 is 0 Å². The number of hydrogen-bond acceptors (Lipinski definition) is 5. The Labute approximate surface area is 130 Å². The first kappa shape index (κ1) is 14.6. The molecule has 2 aromatic heterocycles. The summed E-state index contributed by atoms with van der Waals surface area (Å²) in [6.07, 6.45) is 4.47. The molecule has 0 amide bonds. The number of ketones is 1. The molecule has 2 aromatic rings. The van der Waals surface area contributed by atoms with E-state index in [2.05, 4.69) is 33.7 Å². The van der Waals surface area contributed by atoms with Crippen molar-refractivity contribution in [1.82, 2.24) is 15.0 Å². The number of aromatic nitrogens is 3. The van der Waals surface area contributed by atoms with Crippen molar-refractivity contribution in [2.45, 2.75) is 40.3 Å². The van der Waals surface area contributed by atoms with Gasteiger partial charge in [0, 0.05) is 36.5 Å². The van der Waals surface area contributed by atoms with Crippen LogP contribution in [0.5, 0.6) is 0 Å². The Bertz CT molecular complexity index is 694. The highest BCUT2D eigenvalue weighted by atomic mass is 16.1. The first-order valence-electron chi connectivity index (χ1n) is 7.58. The van der Waals surface area contributed by atoms with Gasteiger partial charge in [-0.3, -0.25) is 4.79 Å². The van der Waals surface area contributed by atoms with Gasteiger partial charge in [-0.05, 0) is 25.0 Å².